The van der Waals surface area contributed by atoms with Crippen LogP contribution in [0.3, 0.4) is 0 Å². The summed E-state index contributed by atoms with van der Waals surface area (Å²) in [7, 11) is 1.83. The maximum Gasteiger partial charge on any atom is 0.135 e. The van der Waals surface area contributed by atoms with E-state index in [0.717, 1.165) is 10.3 Å². The third kappa shape index (κ3) is 2.15. The average molecular weight is 217 g/mol. The normalized spacial score (nSPS) is 10.1. The number of carbonyl (C=O) groups excluding carboxylic acids is 1. The molecule has 0 bridgehead atoms. The lowest BCUT2D eigenvalue weighted by Gasteiger charge is -1.88. The minimum atomic E-state index is 0.135. The van der Waals surface area contributed by atoms with Crippen molar-refractivity contribution in [2.45, 2.75) is 13.3 Å². The molecule has 11 heavy (non-hydrogen) atoms. The molecule has 0 unspecified atom stereocenters. The molecule has 0 atom stereocenters. The molecule has 1 heterocycles. The van der Waals surface area contributed by atoms with E-state index in [1.54, 1.807) is 11.6 Å². The summed E-state index contributed by atoms with van der Waals surface area (Å²) in [5, 5.41) is 4.10. The molecule has 0 aliphatic rings. The fraction of sp³-hybridized carbons (Fsp3) is 0.429. The highest BCUT2D eigenvalue weighted by Crippen LogP contribution is 2.10. The van der Waals surface area contributed by atoms with Gasteiger partial charge in [0.05, 0.1) is 12.1 Å². The Hall–Kier alpha value is -0.640. The smallest absolute Gasteiger partial charge is 0.135 e. The van der Waals surface area contributed by atoms with Crippen LogP contribution in [-0.2, 0) is 18.3 Å². The number of carbonyl (C=O) groups is 1. The van der Waals surface area contributed by atoms with Gasteiger partial charge in [0.25, 0.3) is 0 Å². The Balaban J connectivity index is 2.81. The average Bonchev–Trinajstić information content (AvgIpc) is 2.10. The molecule has 0 fully saturated rings. The molecule has 0 N–H and O–H groups in total. The van der Waals surface area contributed by atoms with Crippen molar-refractivity contribution in [1.29, 1.82) is 0 Å². The quantitative estimate of drug-likeness (QED) is 0.748. The summed E-state index contributed by atoms with van der Waals surface area (Å²) in [5.41, 5.74) is 0.812. The van der Waals surface area contributed by atoms with Crippen LogP contribution in [0.5, 0.6) is 0 Å². The molecule has 0 aliphatic carbocycles. The highest BCUT2D eigenvalue weighted by Gasteiger charge is 2.03. The molecule has 4 heteroatoms. The molecule has 0 aromatic carbocycles. The molecule has 0 saturated heterocycles. The van der Waals surface area contributed by atoms with Gasteiger partial charge in [-0.1, -0.05) is 0 Å². The van der Waals surface area contributed by atoms with E-state index in [4.69, 9.17) is 0 Å². The maximum atomic E-state index is 10.7. The molecule has 0 radical (unpaired) electrons. The second-order valence-electron chi connectivity index (χ2n) is 2.46. The predicted molar refractivity (Wildman–Crippen MR) is 45.3 cm³/mol. The summed E-state index contributed by atoms with van der Waals surface area (Å²) in [6.07, 6.45) is 0.416. The van der Waals surface area contributed by atoms with E-state index in [2.05, 4.69) is 21.0 Å². The molecule has 0 saturated carbocycles. The SMILES string of the molecule is CC(=O)Cc1cc(Br)n(C)n1. The Labute approximate surface area is 73.5 Å². The molecule has 60 valence electrons. The Morgan fingerprint density at radius 1 is 1.82 bits per heavy atom. The zero-order valence-corrected chi connectivity index (χ0v) is 8.05. The summed E-state index contributed by atoms with van der Waals surface area (Å²) in [5.74, 6) is 0.135. The third-order valence-corrected chi connectivity index (χ3v) is 2.05. The van der Waals surface area contributed by atoms with Crippen molar-refractivity contribution >= 4 is 21.7 Å². The minimum absolute atomic E-state index is 0.135. The van der Waals surface area contributed by atoms with Crippen LogP contribution in [0.4, 0.5) is 0 Å². The van der Waals surface area contributed by atoms with E-state index in [1.807, 2.05) is 13.1 Å². The second kappa shape index (κ2) is 3.17. The van der Waals surface area contributed by atoms with Crippen molar-refractivity contribution in [3.05, 3.63) is 16.4 Å². The van der Waals surface area contributed by atoms with Crippen molar-refractivity contribution in [3.8, 4) is 0 Å². The number of rotatable bonds is 2. The van der Waals surface area contributed by atoms with Gasteiger partial charge in [-0.25, -0.2) is 0 Å². The summed E-state index contributed by atoms with van der Waals surface area (Å²) in [4.78, 5) is 10.7. The Kier molecular flexibility index (Phi) is 2.44. The van der Waals surface area contributed by atoms with E-state index in [0.29, 0.717) is 6.42 Å². The fourth-order valence-electron chi connectivity index (χ4n) is 0.842. The molecular formula is C7H9BrN2O. The van der Waals surface area contributed by atoms with Gasteiger partial charge >= 0.3 is 0 Å². The van der Waals surface area contributed by atoms with E-state index in [9.17, 15) is 4.79 Å². The van der Waals surface area contributed by atoms with Crippen LogP contribution >= 0.6 is 15.9 Å². The second-order valence-corrected chi connectivity index (χ2v) is 3.27. The highest BCUT2D eigenvalue weighted by atomic mass is 79.9. The van der Waals surface area contributed by atoms with Gasteiger partial charge in [-0.15, -0.1) is 0 Å². The van der Waals surface area contributed by atoms with Crippen LogP contribution in [0.15, 0.2) is 10.7 Å². The highest BCUT2D eigenvalue weighted by molar-refractivity contribution is 9.10. The Morgan fingerprint density at radius 3 is 2.82 bits per heavy atom. The number of ketones is 1. The topological polar surface area (TPSA) is 34.9 Å². The van der Waals surface area contributed by atoms with Gasteiger partial charge in [0.15, 0.2) is 0 Å². The number of aromatic nitrogens is 2. The summed E-state index contributed by atoms with van der Waals surface area (Å²) in [6.45, 7) is 1.56. The van der Waals surface area contributed by atoms with Crippen molar-refractivity contribution in [1.82, 2.24) is 9.78 Å². The van der Waals surface area contributed by atoms with Gasteiger partial charge in [-0.3, -0.25) is 9.48 Å². The number of halogens is 1. The third-order valence-electron chi connectivity index (χ3n) is 1.30. The first-order valence-electron chi connectivity index (χ1n) is 3.27. The Morgan fingerprint density at radius 2 is 2.45 bits per heavy atom. The van der Waals surface area contributed by atoms with Crippen molar-refractivity contribution < 1.29 is 4.79 Å². The standard InChI is InChI=1S/C7H9BrN2O/c1-5(11)3-6-4-7(8)10(2)9-6/h4H,3H2,1-2H3. The van der Waals surface area contributed by atoms with Crippen LogP contribution in [0.25, 0.3) is 0 Å². The molecule has 0 aliphatic heterocycles. The van der Waals surface area contributed by atoms with Crippen molar-refractivity contribution in [2.75, 3.05) is 0 Å². The largest absolute Gasteiger partial charge is 0.300 e. The lowest BCUT2D eigenvalue weighted by Crippen LogP contribution is -1.98. The Bertz CT molecular complexity index is 260. The van der Waals surface area contributed by atoms with Crippen LogP contribution in [-0.4, -0.2) is 15.6 Å². The number of nitrogens with zero attached hydrogens (tertiary/aromatic N) is 2. The molecule has 1 rings (SSSR count). The van der Waals surface area contributed by atoms with Gasteiger partial charge in [-0.05, 0) is 28.9 Å². The van der Waals surface area contributed by atoms with E-state index < -0.39 is 0 Å². The van der Waals surface area contributed by atoms with Crippen LogP contribution in [0.1, 0.15) is 12.6 Å². The minimum Gasteiger partial charge on any atom is -0.300 e. The van der Waals surface area contributed by atoms with Crippen molar-refractivity contribution in [2.24, 2.45) is 7.05 Å². The van der Waals surface area contributed by atoms with Crippen LogP contribution in [0.2, 0.25) is 0 Å². The number of hydrogen-bond acceptors (Lipinski definition) is 2. The van der Waals surface area contributed by atoms with E-state index in [1.165, 1.54) is 0 Å². The molecule has 1 aromatic heterocycles. The summed E-state index contributed by atoms with van der Waals surface area (Å²) < 4.78 is 2.59. The number of hydrogen-bond donors (Lipinski definition) is 0. The van der Waals surface area contributed by atoms with Gasteiger partial charge in [-0.2, -0.15) is 5.10 Å². The predicted octanol–water partition coefficient (Wildman–Crippen LogP) is 1.31. The first-order valence-corrected chi connectivity index (χ1v) is 4.06. The van der Waals surface area contributed by atoms with Gasteiger partial charge in [0, 0.05) is 7.05 Å². The number of Topliss-reactive ketones (excluding diaryl/α,β-unsaturated/α-hetero) is 1. The van der Waals surface area contributed by atoms with Gasteiger partial charge in [0.1, 0.15) is 10.4 Å². The lowest BCUT2D eigenvalue weighted by molar-refractivity contribution is -0.116. The maximum absolute atomic E-state index is 10.7. The van der Waals surface area contributed by atoms with E-state index >= 15 is 0 Å². The monoisotopic (exact) mass is 216 g/mol. The first kappa shape index (κ1) is 8.46. The summed E-state index contributed by atoms with van der Waals surface area (Å²) in [6, 6.07) is 1.85. The number of aryl methyl sites for hydroxylation is 1. The van der Waals surface area contributed by atoms with Gasteiger partial charge in [0.2, 0.25) is 0 Å². The van der Waals surface area contributed by atoms with Gasteiger partial charge < -0.3 is 0 Å². The molecule has 0 spiro atoms. The molecule has 0 amide bonds. The first-order chi connectivity index (χ1) is 5.09. The lowest BCUT2D eigenvalue weighted by atomic mass is 10.2. The zero-order chi connectivity index (χ0) is 8.43. The fourth-order valence-corrected chi connectivity index (χ4v) is 1.19. The molecular weight excluding hydrogens is 208 g/mol. The van der Waals surface area contributed by atoms with E-state index in [-0.39, 0.29) is 5.78 Å². The summed E-state index contributed by atoms with van der Waals surface area (Å²) >= 11 is 3.30. The molecule has 3 nitrogen and oxygen atoms in total. The van der Waals surface area contributed by atoms with Crippen LogP contribution in [0, 0.1) is 0 Å². The molecule has 1 aromatic rings. The van der Waals surface area contributed by atoms with Crippen LogP contribution < -0.4 is 0 Å². The zero-order valence-electron chi connectivity index (χ0n) is 6.47. The van der Waals surface area contributed by atoms with Crippen molar-refractivity contribution in [3.63, 3.8) is 0 Å².